The summed E-state index contributed by atoms with van der Waals surface area (Å²) in [5.74, 6) is -2.58. The van der Waals surface area contributed by atoms with Gasteiger partial charge in [0.2, 0.25) is 9.84 Å². The number of carbonyl (C=O) groups is 1. The number of aromatic nitrogens is 2. The Balaban J connectivity index is 1.99. The summed E-state index contributed by atoms with van der Waals surface area (Å²) in [6, 6.07) is 6.58. The zero-order chi connectivity index (χ0) is 20.7. The number of aryl methyl sites for hydroxylation is 1. The second-order valence-electron chi connectivity index (χ2n) is 5.70. The number of halogens is 2. The highest BCUT2D eigenvalue weighted by atomic mass is 32.2. The molecular weight excluding hydrogens is 392 g/mol. The number of carbonyl (C=O) groups excluding carboxylic acids is 1. The molecule has 1 aromatic carbocycles. The van der Waals surface area contributed by atoms with Crippen molar-refractivity contribution < 1.29 is 22.0 Å². The van der Waals surface area contributed by atoms with Gasteiger partial charge in [-0.1, -0.05) is 12.1 Å². The van der Waals surface area contributed by atoms with Crippen LogP contribution in [0, 0.1) is 6.92 Å². The van der Waals surface area contributed by atoms with Crippen molar-refractivity contribution in [3.63, 3.8) is 0 Å². The standard InChI is InChI=1S/C17H21F2N5O3S/c1-3-20-14-10-15(24-11(2)23-14)21-8-9-22-16(25)12-6-4-5-7-13(12)28(26,27)17(18)19/h4-7,10,17H,3,8-9H2,1-2H3,(H,22,25)(H2,20,21,23,24). The maximum Gasteiger partial charge on any atom is 0.341 e. The Morgan fingerprint density at radius 3 is 2.39 bits per heavy atom. The Bertz CT molecular complexity index is 938. The fraction of sp³-hybridized carbons (Fsp3) is 0.353. The van der Waals surface area contributed by atoms with E-state index in [0.717, 1.165) is 6.07 Å². The van der Waals surface area contributed by atoms with Crippen LogP contribution in [0.25, 0.3) is 0 Å². The van der Waals surface area contributed by atoms with Gasteiger partial charge in [-0.2, -0.15) is 8.78 Å². The van der Waals surface area contributed by atoms with Crippen LogP contribution in [0.4, 0.5) is 20.4 Å². The van der Waals surface area contributed by atoms with E-state index >= 15 is 0 Å². The molecule has 0 fully saturated rings. The van der Waals surface area contributed by atoms with Crippen molar-refractivity contribution in [3.8, 4) is 0 Å². The molecule has 8 nitrogen and oxygen atoms in total. The molecule has 28 heavy (non-hydrogen) atoms. The van der Waals surface area contributed by atoms with E-state index < -0.39 is 26.4 Å². The predicted octanol–water partition coefficient (Wildman–Crippen LogP) is 2.06. The molecule has 0 saturated carbocycles. The van der Waals surface area contributed by atoms with Gasteiger partial charge in [0, 0.05) is 25.7 Å². The SMILES string of the molecule is CCNc1cc(NCCNC(=O)c2ccccc2S(=O)(=O)C(F)F)nc(C)n1. The summed E-state index contributed by atoms with van der Waals surface area (Å²) >= 11 is 0. The van der Waals surface area contributed by atoms with Crippen LogP contribution >= 0.6 is 0 Å². The Hall–Kier alpha value is -2.82. The molecule has 0 aliphatic rings. The molecule has 0 aliphatic carbocycles. The normalized spacial score (nSPS) is 11.3. The second-order valence-corrected chi connectivity index (χ2v) is 7.59. The van der Waals surface area contributed by atoms with Gasteiger partial charge in [0.05, 0.1) is 10.5 Å². The lowest BCUT2D eigenvalue weighted by Gasteiger charge is -2.12. The minimum absolute atomic E-state index is 0.126. The number of amides is 1. The van der Waals surface area contributed by atoms with Crippen molar-refractivity contribution in [2.75, 3.05) is 30.3 Å². The third-order valence-electron chi connectivity index (χ3n) is 3.59. The summed E-state index contributed by atoms with van der Waals surface area (Å²) < 4.78 is 49.1. The molecule has 11 heteroatoms. The molecule has 1 aromatic heterocycles. The van der Waals surface area contributed by atoms with Crippen molar-refractivity contribution in [3.05, 3.63) is 41.7 Å². The molecular formula is C17H21F2N5O3S. The first-order valence-corrected chi connectivity index (χ1v) is 10.0. The lowest BCUT2D eigenvalue weighted by Crippen LogP contribution is -2.30. The van der Waals surface area contributed by atoms with Gasteiger partial charge in [-0.15, -0.1) is 0 Å². The van der Waals surface area contributed by atoms with E-state index in [4.69, 9.17) is 0 Å². The van der Waals surface area contributed by atoms with E-state index in [2.05, 4.69) is 25.9 Å². The molecule has 2 aromatic rings. The molecule has 0 aliphatic heterocycles. The van der Waals surface area contributed by atoms with Gasteiger partial charge < -0.3 is 16.0 Å². The molecule has 152 valence electrons. The van der Waals surface area contributed by atoms with Gasteiger partial charge in [0.1, 0.15) is 17.5 Å². The van der Waals surface area contributed by atoms with Gasteiger partial charge in [0.15, 0.2) is 0 Å². The minimum Gasteiger partial charge on any atom is -0.370 e. The van der Waals surface area contributed by atoms with Gasteiger partial charge in [-0.3, -0.25) is 4.79 Å². The van der Waals surface area contributed by atoms with E-state index in [-0.39, 0.29) is 18.7 Å². The van der Waals surface area contributed by atoms with Crippen molar-refractivity contribution in [2.45, 2.75) is 24.5 Å². The summed E-state index contributed by atoms with van der Waals surface area (Å²) in [4.78, 5) is 20.0. The quantitative estimate of drug-likeness (QED) is 0.539. The first-order valence-electron chi connectivity index (χ1n) is 8.48. The molecule has 1 heterocycles. The van der Waals surface area contributed by atoms with Crippen molar-refractivity contribution >= 4 is 27.4 Å². The molecule has 0 atom stereocenters. The van der Waals surface area contributed by atoms with Gasteiger partial charge >= 0.3 is 5.76 Å². The Morgan fingerprint density at radius 1 is 1.11 bits per heavy atom. The number of hydrogen-bond acceptors (Lipinski definition) is 7. The fourth-order valence-corrected chi connectivity index (χ4v) is 3.32. The molecule has 0 bridgehead atoms. The highest BCUT2D eigenvalue weighted by Crippen LogP contribution is 2.22. The van der Waals surface area contributed by atoms with Crippen LogP contribution in [0.3, 0.4) is 0 Å². The number of anilines is 2. The first kappa shape index (κ1) is 21.5. The van der Waals surface area contributed by atoms with Crippen LogP contribution in [0.5, 0.6) is 0 Å². The molecule has 3 N–H and O–H groups in total. The van der Waals surface area contributed by atoms with Crippen LogP contribution in [0.1, 0.15) is 23.1 Å². The van der Waals surface area contributed by atoms with Crippen molar-refractivity contribution in [1.29, 1.82) is 0 Å². The van der Waals surface area contributed by atoms with E-state index in [0.29, 0.717) is 24.0 Å². The molecule has 0 unspecified atom stereocenters. The minimum atomic E-state index is -4.87. The lowest BCUT2D eigenvalue weighted by atomic mass is 10.2. The number of nitrogens with one attached hydrogen (secondary N) is 3. The summed E-state index contributed by atoms with van der Waals surface area (Å²) in [5, 5.41) is 8.58. The van der Waals surface area contributed by atoms with E-state index in [9.17, 15) is 22.0 Å². The zero-order valence-electron chi connectivity index (χ0n) is 15.4. The zero-order valence-corrected chi connectivity index (χ0v) is 16.2. The number of nitrogens with zero attached hydrogens (tertiary/aromatic N) is 2. The lowest BCUT2D eigenvalue weighted by molar-refractivity contribution is 0.0951. The predicted molar refractivity (Wildman–Crippen MR) is 101 cm³/mol. The number of alkyl halides is 2. The first-order chi connectivity index (χ1) is 13.3. The molecule has 2 rings (SSSR count). The topological polar surface area (TPSA) is 113 Å². The number of benzene rings is 1. The third-order valence-corrected chi connectivity index (χ3v) is 5.02. The molecule has 0 saturated heterocycles. The van der Waals surface area contributed by atoms with E-state index in [1.54, 1.807) is 13.0 Å². The average Bonchev–Trinajstić information content (AvgIpc) is 2.64. The monoisotopic (exact) mass is 413 g/mol. The van der Waals surface area contributed by atoms with Crippen molar-refractivity contribution in [2.24, 2.45) is 0 Å². The summed E-state index contributed by atoms with van der Waals surface area (Å²) in [5.41, 5.74) is -0.324. The van der Waals surface area contributed by atoms with Crippen LogP contribution in [-0.2, 0) is 9.84 Å². The van der Waals surface area contributed by atoms with Gasteiger partial charge in [0.25, 0.3) is 5.91 Å². The number of sulfone groups is 1. The summed E-state index contributed by atoms with van der Waals surface area (Å²) in [6.07, 6.45) is 0. The smallest absolute Gasteiger partial charge is 0.341 e. The van der Waals surface area contributed by atoms with Crippen molar-refractivity contribution in [1.82, 2.24) is 15.3 Å². The second kappa shape index (κ2) is 9.40. The van der Waals surface area contributed by atoms with E-state index in [1.165, 1.54) is 18.2 Å². The third kappa shape index (κ3) is 5.35. The summed E-state index contributed by atoms with van der Waals surface area (Å²) in [7, 11) is -4.87. The number of rotatable bonds is 9. The highest BCUT2D eigenvalue weighted by Gasteiger charge is 2.30. The fourth-order valence-electron chi connectivity index (χ4n) is 2.39. The van der Waals surface area contributed by atoms with Crippen LogP contribution in [-0.4, -0.2) is 49.7 Å². The van der Waals surface area contributed by atoms with Gasteiger partial charge in [-0.05, 0) is 26.0 Å². The molecule has 1 amide bonds. The molecule has 0 spiro atoms. The largest absolute Gasteiger partial charge is 0.370 e. The Kier molecular flexibility index (Phi) is 7.21. The summed E-state index contributed by atoms with van der Waals surface area (Å²) in [6.45, 7) is 4.80. The molecule has 0 radical (unpaired) electrons. The maximum absolute atomic E-state index is 12.8. The highest BCUT2D eigenvalue weighted by molar-refractivity contribution is 7.91. The van der Waals surface area contributed by atoms with Crippen LogP contribution < -0.4 is 16.0 Å². The number of hydrogen-bond donors (Lipinski definition) is 3. The Labute approximate surface area is 161 Å². The van der Waals surface area contributed by atoms with Crippen LogP contribution in [0.2, 0.25) is 0 Å². The van der Waals surface area contributed by atoms with Gasteiger partial charge in [-0.25, -0.2) is 18.4 Å². The Morgan fingerprint density at radius 2 is 1.75 bits per heavy atom. The van der Waals surface area contributed by atoms with Crippen LogP contribution in [0.15, 0.2) is 35.2 Å². The maximum atomic E-state index is 12.8. The van der Waals surface area contributed by atoms with E-state index in [1.807, 2.05) is 6.92 Å². The average molecular weight is 413 g/mol.